The molecule has 4 heteroatoms. The van der Waals surface area contributed by atoms with Gasteiger partial charge in [-0.25, -0.2) is 0 Å². The first-order valence-electron chi connectivity index (χ1n) is 5.98. The summed E-state index contributed by atoms with van der Waals surface area (Å²) in [4.78, 5) is 4.30. The number of H-pyrrole nitrogens is 1. The lowest BCUT2D eigenvalue weighted by atomic mass is 10.1. The third-order valence-corrected chi connectivity index (χ3v) is 2.90. The first-order valence-corrected chi connectivity index (χ1v) is 5.98. The Balaban J connectivity index is 2.02. The minimum Gasteiger partial charge on any atom is -0.496 e. The Morgan fingerprint density at radius 1 is 1.00 bits per heavy atom. The number of hydrogen-bond donors (Lipinski definition) is 1. The summed E-state index contributed by atoms with van der Waals surface area (Å²) in [5.41, 5.74) is 3.57. The van der Waals surface area contributed by atoms with Crippen molar-refractivity contribution in [2.24, 2.45) is 0 Å². The zero-order valence-electron chi connectivity index (χ0n) is 10.5. The lowest BCUT2D eigenvalue weighted by Gasteiger charge is -2.04. The number of nitrogens with zero attached hydrogens (tertiary/aromatic N) is 2. The predicted octanol–water partition coefficient (Wildman–Crippen LogP) is 3.15. The van der Waals surface area contributed by atoms with E-state index in [4.69, 9.17) is 4.74 Å². The van der Waals surface area contributed by atoms with E-state index in [-0.39, 0.29) is 0 Å². The van der Waals surface area contributed by atoms with E-state index < -0.39 is 0 Å². The molecule has 0 aliphatic rings. The summed E-state index contributed by atoms with van der Waals surface area (Å²) >= 11 is 0. The van der Waals surface area contributed by atoms with Gasteiger partial charge in [0.2, 0.25) is 0 Å². The molecule has 0 spiro atoms. The van der Waals surface area contributed by atoms with Crippen molar-refractivity contribution in [3.8, 4) is 28.4 Å². The molecule has 19 heavy (non-hydrogen) atoms. The van der Waals surface area contributed by atoms with Gasteiger partial charge in [-0.05, 0) is 30.3 Å². The van der Waals surface area contributed by atoms with Gasteiger partial charge in [-0.15, -0.1) is 0 Å². The van der Waals surface area contributed by atoms with Crippen molar-refractivity contribution in [3.05, 3.63) is 54.7 Å². The standard InChI is InChI=1S/C15H13N3O/c1-19-15-8-3-2-6-11(15)13-10-14(18-17-13)12-7-4-5-9-16-12/h2-10H,1H3,(H,17,18). The number of pyridine rings is 1. The van der Waals surface area contributed by atoms with E-state index in [0.717, 1.165) is 28.4 Å². The Hall–Kier alpha value is -2.62. The van der Waals surface area contributed by atoms with Gasteiger partial charge >= 0.3 is 0 Å². The number of nitrogens with one attached hydrogen (secondary N) is 1. The van der Waals surface area contributed by atoms with E-state index in [9.17, 15) is 0 Å². The number of aromatic amines is 1. The average Bonchev–Trinajstić information content (AvgIpc) is 2.98. The fourth-order valence-electron chi connectivity index (χ4n) is 1.97. The third kappa shape index (κ3) is 2.20. The van der Waals surface area contributed by atoms with Gasteiger partial charge in [0.15, 0.2) is 0 Å². The topological polar surface area (TPSA) is 50.8 Å². The SMILES string of the molecule is COc1ccccc1-c1cc(-c2ccccn2)[nH]n1. The van der Waals surface area contributed by atoms with Crippen LogP contribution in [0.4, 0.5) is 0 Å². The Morgan fingerprint density at radius 2 is 1.84 bits per heavy atom. The second kappa shape index (κ2) is 4.94. The summed E-state index contributed by atoms with van der Waals surface area (Å²) in [6, 6.07) is 15.6. The molecule has 0 amide bonds. The fourth-order valence-corrected chi connectivity index (χ4v) is 1.97. The summed E-state index contributed by atoms with van der Waals surface area (Å²) in [7, 11) is 1.66. The molecule has 0 unspecified atom stereocenters. The molecule has 0 radical (unpaired) electrons. The van der Waals surface area contributed by atoms with Crippen LogP contribution in [0.3, 0.4) is 0 Å². The van der Waals surface area contributed by atoms with Crippen LogP contribution < -0.4 is 4.74 Å². The first-order chi connectivity index (χ1) is 9.38. The second-order valence-corrected chi connectivity index (χ2v) is 4.08. The largest absolute Gasteiger partial charge is 0.496 e. The van der Waals surface area contributed by atoms with Crippen molar-refractivity contribution in [1.29, 1.82) is 0 Å². The average molecular weight is 251 g/mol. The molecule has 0 saturated heterocycles. The number of benzene rings is 1. The molecule has 1 aromatic carbocycles. The van der Waals surface area contributed by atoms with E-state index in [1.165, 1.54) is 0 Å². The maximum atomic E-state index is 5.35. The van der Waals surface area contributed by atoms with Gasteiger partial charge in [0.25, 0.3) is 0 Å². The summed E-state index contributed by atoms with van der Waals surface area (Å²) in [6.45, 7) is 0. The molecule has 0 saturated carbocycles. The highest BCUT2D eigenvalue weighted by Crippen LogP contribution is 2.29. The molecule has 0 atom stereocenters. The number of ether oxygens (including phenoxy) is 1. The highest BCUT2D eigenvalue weighted by Gasteiger charge is 2.10. The molecule has 0 aliphatic carbocycles. The van der Waals surface area contributed by atoms with Crippen molar-refractivity contribution < 1.29 is 4.74 Å². The Kier molecular flexibility index (Phi) is 2.98. The summed E-state index contributed by atoms with van der Waals surface area (Å²) < 4.78 is 5.35. The lowest BCUT2D eigenvalue weighted by Crippen LogP contribution is -1.87. The normalized spacial score (nSPS) is 10.4. The van der Waals surface area contributed by atoms with Crippen molar-refractivity contribution in [3.63, 3.8) is 0 Å². The zero-order chi connectivity index (χ0) is 13.1. The van der Waals surface area contributed by atoms with Crippen LogP contribution in [0.1, 0.15) is 0 Å². The van der Waals surface area contributed by atoms with Gasteiger partial charge in [-0.2, -0.15) is 5.10 Å². The number of methoxy groups -OCH3 is 1. The van der Waals surface area contributed by atoms with Crippen molar-refractivity contribution in [2.75, 3.05) is 7.11 Å². The van der Waals surface area contributed by atoms with Crippen LogP contribution in [-0.2, 0) is 0 Å². The van der Waals surface area contributed by atoms with Crippen LogP contribution in [0.15, 0.2) is 54.7 Å². The zero-order valence-corrected chi connectivity index (χ0v) is 10.5. The molecule has 0 fully saturated rings. The maximum absolute atomic E-state index is 5.35. The van der Waals surface area contributed by atoms with Crippen LogP contribution in [0.25, 0.3) is 22.6 Å². The predicted molar refractivity (Wildman–Crippen MR) is 73.8 cm³/mol. The van der Waals surface area contributed by atoms with E-state index in [0.29, 0.717) is 0 Å². The minimum atomic E-state index is 0.807. The second-order valence-electron chi connectivity index (χ2n) is 4.08. The van der Waals surface area contributed by atoms with Crippen LogP contribution in [-0.4, -0.2) is 22.3 Å². The molecular formula is C15H13N3O. The molecule has 2 aromatic heterocycles. The molecule has 2 heterocycles. The Labute approximate surface area is 111 Å². The number of hydrogen-bond acceptors (Lipinski definition) is 3. The van der Waals surface area contributed by atoms with Gasteiger partial charge in [-0.3, -0.25) is 10.1 Å². The van der Waals surface area contributed by atoms with Gasteiger partial charge in [0.05, 0.1) is 24.2 Å². The fraction of sp³-hybridized carbons (Fsp3) is 0.0667. The van der Waals surface area contributed by atoms with Gasteiger partial charge in [-0.1, -0.05) is 18.2 Å². The van der Waals surface area contributed by atoms with Crippen molar-refractivity contribution in [2.45, 2.75) is 0 Å². The number of rotatable bonds is 3. The van der Waals surface area contributed by atoms with Gasteiger partial charge in [0.1, 0.15) is 5.75 Å². The Bertz CT molecular complexity index is 677. The molecule has 0 aliphatic heterocycles. The molecule has 3 rings (SSSR count). The van der Waals surface area contributed by atoms with E-state index >= 15 is 0 Å². The highest BCUT2D eigenvalue weighted by molar-refractivity contribution is 5.71. The molecule has 1 N–H and O–H groups in total. The monoisotopic (exact) mass is 251 g/mol. The quantitative estimate of drug-likeness (QED) is 0.778. The van der Waals surface area contributed by atoms with E-state index in [2.05, 4.69) is 15.2 Å². The summed E-state index contributed by atoms with van der Waals surface area (Å²) in [5, 5.41) is 7.33. The lowest BCUT2D eigenvalue weighted by molar-refractivity contribution is 0.416. The van der Waals surface area contributed by atoms with Crippen molar-refractivity contribution in [1.82, 2.24) is 15.2 Å². The molecule has 4 nitrogen and oxygen atoms in total. The van der Waals surface area contributed by atoms with Crippen LogP contribution >= 0.6 is 0 Å². The van der Waals surface area contributed by atoms with Crippen LogP contribution in [0.2, 0.25) is 0 Å². The van der Waals surface area contributed by atoms with Crippen LogP contribution in [0, 0.1) is 0 Å². The van der Waals surface area contributed by atoms with Gasteiger partial charge in [0, 0.05) is 11.8 Å². The molecule has 94 valence electrons. The first kappa shape index (κ1) is 11.5. The minimum absolute atomic E-state index is 0.807. The summed E-state index contributed by atoms with van der Waals surface area (Å²) in [5.74, 6) is 0.807. The number of aromatic nitrogens is 3. The maximum Gasteiger partial charge on any atom is 0.128 e. The van der Waals surface area contributed by atoms with E-state index in [1.54, 1.807) is 13.3 Å². The smallest absolute Gasteiger partial charge is 0.128 e. The number of para-hydroxylation sites is 1. The summed E-state index contributed by atoms with van der Waals surface area (Å²) in [6.07, 6.45) is 1.76. The molecule has 0 bridgehead atoms. The molecular weight excluding hydrogens is 238 g/mol. The Morgan fingerprint density at radius 3 is 2.63 bits per heavy atom. The third-order valence-electron chi connectivity index (χ3n) is 2.90. The highest BCUT2D eigenvalue weighted by atomic mass is 16.5. The molecule has 3 aromatic rings. The van der Waals surface area contributed by atoms with Gasteiger partial charge < -0.3 is 4.74 Å². The van der Waals surface area contributed by atoms with E-state index in [1.807, 2.05) is 48.5 Å². The van der Waals surface area contributed by atoms with Crippen molar-refractivity contribution >= 4 is 0 Å². The van der Waals surface area contributed by atoms with Crippen LogP contribution in [0.5, 0.6) is 5.75 Å².